The van der Waals surface area contributed by atoms with Crippen molar-refractivity contribution in [2.24, 2.45) is 0 Å². The van der Waals surface area contributed by atoms with Crippen LogP contribution in [0.2, 0.25) is 0 Å². The summed E-state index contributed by atoms with van der Waals surface area (Å²) in [6, 6.07) is 0. The molecule has 2 aliphatic rings. The summed E-state index contributed by atoms with van der Waals surface area (Å²) in [6.45, 7) is 3.49. The van der Waals surface area contributed by atoms with E-state index in [9.17, 15) is 18.6 Å². The van der Waals surface area contributed by atoms with Gasteiger partial charge in [0.2, 0.25) is 9.84 Å². The van der Waals surface area contributed by atoms with Crippen molar-refractivity contribution in [1.29, 1.82) is 0 Å². The maximum Gasteiger partial charge on any atom is 0.217 e. The third kappa shape index (κ3) is 2.22. The number of sulfone groups is 1. The number of hydrogen-bond acceptors (Lipinski definition) is 4. The Morgan fingerprint density at radius 1 is 0.947 bits per heavy atom. The first-order valence-electron chi connectivity index (χ1n) is 6.09. The fourth-order valence-corrected chi connectivity index (χ4v) is 4.40. The van der Waals surface area contributed by atoms with Crippen LogP contribution in [-0.4, -0.2) is 28.5 Å². The Morgan fingerprint density at radius 2 is 1.32 bits per heavy atom. The van der Waals surface area contributed by atoms with Crippen LogP contribution >= 0.6 is 0 Å². The van der Waals surface area contributed by atoms with E-state index in [4.69, 9.17) is 0 Å². The standard InChI is InChI=1S/C14H18O4S/c1-11-5-3-7-13(15,9-11)19(17,18)14(16)8-4-6-12(2)10-14/h3-8,15-16H,9-10H2,1-2H3. The van der Waals surface area contributed by atoms with Crippen molar-refractivity contribution in [3.63, 3.8) is 0 Å². The number of aliphatic hydroxyl groups is 2. The van der Waals surface area contributed by atoms with Gasteiger partial charge in [-0.25, -0.2) is 8.42 Å². The molecule has 4 nitrogen and oxygen atoms in total. The first-order chi connectivity index (χ1) is 8.70. The van der Waals surface area contributed by atoms with E-state index in [0.717, 1.165) is 11.1 Å². The summed E-state index contributed by atoms with van der Waals surface area (Å²) in [4.78, 5) is -4.11. The van der Waals surface area contributed by atoms with Gasteiger partial charge < -0.3 is 10.2 Å². The zero-order chi connectivity index (χ0) is 14.3. The molecule has 0 aromatic carbocycles. The molecule has 0 aliphatic heterocycles. The third-order valence-corrected chi connectivity index (χ3v) is 5.89. The Labute approximate surface area is 113 Å². The third-order valence-electron chi connectivity index (χ3n) is 3.47. The minimum Gasteiger partial charge on any atom is -0.371 e. The molecule has 0 amide bonds. The Bertz CT molecular complexity index is 561. The summed E-state index contributed by atoms with van der Waals surface area (Å²) in [6.07, 6.45) is 8.93. The van der Waals surface area contributed by atoms with E-state index in [-0.39, 0.29) is 12.8 Å². The molecule has 2 rings (SSSR count). The molecule has 104 valence electrons. The molecule has 2 N–H and O–H groups in total. The van der Waals surface area contributed by atoms with Gasteiger partial charge in [0, 0.05) is 12.8 Å². The molecule has 0 saturated carbocycles. The second kappa shape index (κ2) is 4.44. The summed E-state index contributed by atoms with van der Waals surface area (Å²) in [5.74, 6) is 0. The van der Waals surface area contributed by atoms with Gasteiger partial charge >= 0.3 is 0 Å². The van der Waals surface area contributed by atoms with Gasteiger partial charge in [-0.05, 0) is 26.0 Å². The highest BCUT2D eigenvalue weighted by molar-refractivity contribution is 7.94. The van der Waals surface area contributed by atoms with E-state index in [2.05, 4.69) is 0 Å². The predicted octanol–water partition coefficient (Wildman–Crippen LogP) is 1.59. The van der Waals surface area contributed by atoms with Gasteiger partial charge in [-0.3, -0.25) is 0 Å². The lowest BCUT2D eigenvalue weighted by molar-refractivity contribution is 0.130. The van der Waals surface area contributed by atoms with Gasteiger partial charge in [0.1, 0.15) is 0 Å². The zero-order valence-electron chi connectivity index (χ0n) is 11.0. The molecule has 2 aliphatic carbocycles. The highest BCUT2D eigenvalue weighted by Gasteiger charge is 2.53. The van der Waals surface area contributed by atoms with Crippen LogP contribution in [0.5, 0.6) is 0 Å². The van der Waals surface area contributed by atoms with Crippen molar-refractivity contribution < 1.29 is 18.6 Å². The first-order valence-corrected chi connectivity index (χ1v) is 7.57. The fraction of sp³-hybridized carbons (Fsp3) is 0.429. The van der Waals surface area contributed by atoms with Crippen LogP contribution in [0.3, 0.4) is 0 Å². The molecule has 0 heterocycles. The molecule has 19 heavy (non-hydrogen) atoms. The molecule has 0 aromatic heterocycles. The minimum atomic E-state index is -4.19. The molecular weight excluding hydrogens is 264 g/mol. The van der Waals surface area contributed by atoms with E-state index < -0.39 is 19.7 Å². The van der Waals surface area contributed by atoms with Crippen LogP contribution in [0.1, 0.15) is 26.7 Å². The summed E-state index contributed by atoms with van der Waals surface area (Å²) in [5, 5.41) is 20.9. The summed E-state index contributed by atoms with van der Waals surface area (Å²) in [7, 11) is -4.19. The average molecular weight is 282 g/mol. The highest BCUT2D eigenvalue weighted by atomic mass is 32.2. The molecular formula is C14H18O4S. The van der Waals surface area contributed by atoms with Crippen LogP contribution < -0.4 is 0 Å². The Balaban J connectivity index is 2.44. The summed E-state index contributed by atoms with van der Waals surface area (Å²) in [5.41, 5.74) is 1.51. The Morgan fingerprint density at radius 3 is 1.63 bits per heavy atom. The van der Waals surface area contributed by atoms with Crippen molar-refractivity contribution >= 4 is 9.84 Å². The molecule has 0 aromatic rings. The minimum absolute atomic E-state index is 0.0231. The van der Waals surface area contributed by atoms with Gasteiger partial charge in [0.15, 0.2) is 9.87 Å². The van der Waals surface area contributed by atoms with Crippen molar-refractivity contribution in [2.75, 3.05) is 0 Å². The van der Waals surface area contributed by atoms with Crippen LogP contribution in [0.15, 0.2) is 47.6 Å². The lowest BCUT2D eigenvalue weighted by Gasteiger charge is -2.36. The van der Waals surface area contributed by atoms with E-state index >= 15 is 0 Å². The lowest BCUT2D eigenvalue weighted by atomic mass is 10.0. The van der Waals surface area contributed by atoms with Crippen LogP contribution in [-0.2, 0) is 9.84 Å². The first kappa shape index (κ1) is 14.2. The summed E-state index contributed by atoms with van der Waals surface area (Å²) < 4.78 is 25.2. The lowest BCUT2D eigenvalue weighted by Crippen LogP contribution is -2.51. The summed E-state index contributed by atoms with van der Waals surface area (Å²) >= 11 is 0. The van der Waals surface area contributed by atoms with Crippen LogP contribution in [0.25, 0.3) is 0 Å². The molecule has 0 bridgehead atoms. The van der Waals surface area contributed by atoms with Crippen molar-refractivity contribution in [3.8, 4) is 0 Å². The number of hydrogen-bond donors (Lipinski definition) is 2. The largest absolute Gasteiger partial charge is 0.371 e. The maximum atomic E-state index is 12.6. The molecule has 0 spiro atoms. The molecule has 0 saturated heterocycles. The second-order valence-corrected chi connectivity index (χ2v) is 7.71. The molecule has 0 radical (unpaired) electrons. The van der Waals surface area contributed by atoms with E-state index in [1.807, 2.05) is 0 Å². The molecule has 0 fully saturated rings. The highest BCUT2D eigenvalue weighted by Crippen LogP contribution is 2.39. The Hall–Kier alpha value is -1.17. The van der Waals surface area contributed by atoms with E-state index in [0.29, 0.717) is 0 Å². The second-order valence-electron chi connectivity index (χ2n) is 5.29. The quantitative estimate of drug-likeness (QED) is 0.806. The van der Waals surface area contributed by atoms with Gasteiger partial charge in [0.05, 0.1) is 0 Å². The smallest absolute Gasteiger partial charge is 0.217 e. The average Bonchev–Trinajstić information content (AvgIpc) is 2.27. The number of allylic oxidation sites excluding steroid dienone is 4. The molecule has 2 unspecified atom stereocenters. The number of rotatable bonds is 2. The van der Waals surface area contributed by atoms with E-state index in [1.54, 1.807) is 26.0 Å². The van der Waals surface area contributed by atoms with Crippen LogP contribution in [0.4, 0.5) is 0 Å². The van der Waals surface area contributed by atoms with E-state index in [1.165, 1.54) is 24.3 Å². The normalized spacial score (nSPS) is 34.9. The predicted molar refractivity (Wildman–Crippen MR) is 73.8 cm³/mol. The van der Waals surface area contributed by atoms with Crippen molar-refractivity contribution in [1.82, 2.24) is 0 Å². The van der Waals surface area contributed by atoms with Gasteiger partial charge in [-0.15, -0.1) is 0 Å². The van der Waals surface area contributed by atoms with Crippen molar-refractivity contribution in [2.45, 2.75) is 36.6 Å². The van der Waals surface area contributed by atoms with Crippen LogP contribution in [0, 0.1) is 0 Å². The van der Waals surface area contributed by atoms with Gasteiger partial charge in [-0.2, -0.15) is 0 Å². The maximum absolute atomic E-state index is 12.6. The SMILES string of the molecule is CC1=CC=CC(O)(S(=O)(=O)C2(O)C=CC=C(C)C2)C1. The van der Waals surface area contributed by atoms with Gasteiger partial charge in [-0.1, -0.05) is 35.5 Å². The zero-order valence-corrected chi connectivity index (χ0v) is 11.8. The molecule has 2 atom stereocenters. The fourth-order valence-electron chi connectivity index (χ4n) is 2.44. The molecule has 5 heteroatoms. The van der Waals surface area contributed by atoms with Gasteiger partial charge in [0.25, 0.3) is 0 Å². The Kier molecular flexibility index (Phi) is 3.33. The van der Waals surface area contributed by atoms with Crippen molar-refractivity contribution in [3.05, 3.63) is 47.6 Å². The topological polar surface area (TPSA) is 74.6 Å². The monoisotopic (exact) mass is 282 g/mol.